The molecule has 0 amide bonds. The van der Waals surface area contributed by atoms with Crippen LogP contribution in [-0.4, -0.2) is 19.8 Å². The van der Waals surface area contributed by atoms with Crippen LogP contribution in [0, 0.1) is 5.92 Å². The maximum Gasteiger partial charge on any atom is 0.127 e. The number of ether oxygens (including phenoxy) is 2. The zero-order chi connectivity index (χ0) is 12.4. The van der Waals surface area contributed by atoms with Gasteiger partial charge >= 0.3 is 0 Å². The van der Waals surface area contributed by atoms with E-state index in [1.54, 1.807) is 7.11 Å². The molecule has 2 aliphatic rings. The summed E-state index contributed by atoms with van der Waals surface area (Å²) >= 11 is 0. The lowest BCUT2D eigenvalue weighted by Gasteiger charge is -2.13. The van der Waals surface area contributed by atoms with Gasteiger partial charge in [-0.2, -0.15) is 0 Å². The molecule has 0 atom stereocenters. The van der Waals surface area contributed by atoms with Crippen molar-refractivity contribution in [2.45, 2.75) is 38.3 Å². The molecular weight excluding hydrogens is 226 g/mol. The second-order valence-electron chi connectivity index (χ2n) is 5.38. The summed E-state index contributed by atoms with van der Waals surface area (Å²) in [6, 6.07) is 6.85. The van der Waals surface area contributed by atoms with Crippen molar-refractivity contribution in [1.82, 2.24) is 5.32 Å². The molecule has 0 saturated heterocycles. The minimum atomic E-state index is 0.725. The fourth-order valence-electron chi connectivity index (χ4n) is 1.98. The molecule has 2 fully saturated rings. The highest BCUT2D eigenvalue weighted by Crippen LogP contribution is 2.32. The molecule has 1 aromatic rings. The molecular formula is C15H21NO2. The first-order valence-corrected chi connectivity index (χ1v) is 6.88. The van der Waals surface area contributed by atoms with E-state index in [9.17, 15) is 0 Å². The Hall–Kier alpha value is -1.22. The van der Waals surface area contributed by atoms with Crippen molar-refractivity contribution in [3.05, 3.63) is 23.8 Å². The number of nitrogens with one attached hydrogen (secondary N) is 1. The zero-order valence-corrected chi connectivity index (χ0v) is 10.9. The molecule has 2 saturated carbocycles. The maximum absolute atomic E-state index is 5.94. The molecule has 18 heavy (non-hydrogen) atoms. The van der Waals surface area contributed by atoms with Crippen LogP contribution in [0.5, 0.6) is 11.5 Å². The first-order chi connectivity index (χ1) is 8.85. The standard InChI is InChI=1S/C15H21NO2/c1-17-14-7-4-12(9-16-13-5-6-13)15(8-14)18-10-11-2-3-11/h4,7-8,11,13,16H,2-3,5-6,9-10H2,1H3. The van der Waals surface area contributed by atoms with E-state index < -0.39 is 0 Å². The van der Waals surface area contributed by atoms with E-state index in [1.165, 1.54) is 31.2 Å². The van der Waals surface area contributed by atoms with E-state index in [2.05, 4.69) is 11.4 Å². The minimum absolute atomic E-state index is 0.725. The summed E-state index contributed by atoms with van der Waals surface area (Å²) in [6.45, 7) is 1.75. The Bertz CT molecular complexity index is 411. The Labute approximate surface area is 108 Å². The van der Waals surface area contributed by atoms with E-state index in [0.717, 1.165) is 36.6 Å². The van der Waals surface area contributed by atoms with Crippen LogP contribution in [0.1, 0.15) is 31.2 Å². The Morgan fingerprint density at radius 1 is 1.22 bits per heavy atom. The van der Waals surface area contributed by atoms with Gasteiger partial charge in [-0.1, -0.05) is 6.07 Å². The Morgan fingerprint density at radius 2 is 2.06 bits per heavy atom. The first kappa shape index (κ1) is 11.8. The molecule has 0 aliphatic heterocycles. The average Bonchev–Trinajstić information content (AvgIpc) is 3.28. The third kappa shape index (κ3) is 3.16. The van der Waals surface area contributed by atoms with Gasteiger partial charge < -0.3 is 14.8 Å². The maximum atomic E-state index is 5.94. The van der Waals surface area contributed by atoms with Gasteiger partial charge in [0.1, 0.15) is 11.5 Å². The fourth-order valence-corrected chi connectivity index (χ4v) is 1.98. The van der Waals surface area contributed by atoms with E-state index in [-0.39, 0.29) is 0 Å². The third-order valence-electron chi connectivity index (χ3n) is 3.60. The SMILES string of the molecule is COc1ccc(CNC2CC2)c(OCC2CC2)c1. The van der Waals surface area contributed by atoms with Gasteiger partial charge in [0.05, 0.1) is 13.7 Å². The van der Waals surface area contributed by atoms with Crippen LogP contribution >= 0.6 is 0 Å². The predicted octanol–water partition coefficient (Wildman–Crippen LogP) is 2.74. The van der Waals surface area contributed by atoms with Gasteiger partial charge in [0.2, 0.25) is 0 Å². The third-order valence-corrected chi connectivity index (χ3v) is 3.60. The summed E-state index contributed by atoms with van der Waals surface area (Å²) in [7, 11) is 1.70. The van der Waals surface area contributed by atoms with Crippen molar-refractivity contribution in [3.63, 3.8) is 0 Å². The highest BCUT2D eigenvalue weighted by molar-refractivity contribution is 5.40. The molecule has 0 heterocycles. The number of methoxy groups -OCH3 is 1. The van der Waals surface area contributed by atoms with E-state index >= 15 is 0 Å². The molecule has 1 N–H and O–H groups in total. The number of benzene rings is 1. The molecule has 0 bridgehead atoms. The number of rotatable bonds is 7. The fraction of sp³-hybridized carbons (Fsp3) is 0.600. The van der Waals surface area contributed by atoms with Crippen LogP contribution < -0.4 is 14.8 Å². The van der Waals surface area contributed by atoms with Crippen LogP contribution in [0.15, 0.2) is 18.2 Å². The smallest absolute Gasteiger partial charge is 0.127 e. The molecule has 2 aliphatic carbocycles. The van der Waals surface area contributed by atoms with Crippen molar-refractivity contribution in [3.8, 4) is 11.5 Å². The van der Waals surface area contributed by atoms with Crippen molar-refractivity contribution in [2.24, 2.45) is 5.92 Å². The zero-order valence-electron chi connectivity index (χ0n) is 10.9. The Balaban J connectivity index is 1.66. The monoisotopic (exact) mass is 247 g/mol. The largest absolute Gasteiger partial charge is 0.497 e. The number of hydrogen-bond acceptors (Lipinski definition) is 3. The van der Waals surface area contributed by atoms with Gasteiger partial charge in [-0.3, -0.25) is 0 Å². The van der Waals surface area contributed by atoms with Crippen molar-refractivity contribution >= 4 is 0 Å². The van der Waals surface area contributed by atoms with Gasteiger partial charge in [0.25, 0.3) is 0 Å². The minimum Gasteiger partial charge on any atom is -0.497 e. The van der Waals surface area contributed by atoms with E-state index in [0.29, 0.717) is 0 Å². The topological polar surface area (TPSA) is 30.5 Å². The van der Waals surface area contributed by atoms with E-state index in [4.69, 9.17) is 9.47 Å². The first-order valence-electron chi connectivity index (χ1n) is 6.88. The van der Waals surface area contributed by atoms with Crippen molar-refractivity contribution in [1.29, 1.82) is 0 Å². The highest BCUT2D eigenvalue weighted by Gasteiger charge is 2.23. The summed E-state index contributed by atoms with van der Waals surface area (Å²) < 4.78 is 11.2. The van der Waals surface area contributed by atoms with Crippen molar-refractivity contribution < 1.29 is 9.47 Å². The van der Waals surface area contributed by atoms with Crippen LogP contribution in [-0.2, 0) is 6.54 Å². The van der Waals surface area contributed by atoms with Gasteiger partial charge in [-0.25, -0.2) is 0 Å². The quantitative estimate of drug-likeness (QED) is 0.803. The lowest BCUT2D eigenvalue weighted by Crippen LogP contribution is -2.16. The summed E-state index contributed by atoms with van der Waals surface area (Å²) in [5.74, 6) is 2.63. The molecule has 3 nitrogen and oxygen atoms in total. The average molecular weight is 247 g/mol. The summed E-state index contributed by atoms with van der Waals surface area (Å²) in [4.78, 5) is 0. The molecule has 0 spiro atoms. The van der Waals surface area contributed by atoms with Gasteiger partial charge in [-0.15, -0.1) is 0 Å². The van der Waals surface area contributed by atoms with Gasteiger partial charge in [0, 0.05) is 24.2 Å². The van der Waals surface area contributed by atoms with Crippen molar-refractivity contribution in [2.75, 3.05) is 13.7 Å². The lowest BCUT2D eigenvalue weighted by atomic mass is 10.2. The Morgan fingerprint density at radius 3 is 2.72 bits per heavy atom. The van der Waals surface area contributed by atoms with Crippen LogP contribution in [0.2, 0.25) is 0 Å². The normalized spacial score (nSPS) is 18.7. The van der Waals surface area contributed by atoms with Crippen LogP contribution in [0.25, 0.3) is 0 Å². The summed E-state index contributed by atoms with van der Waals surface area (Å²) in [5.41, 5.74) is 1.24. The summed E-state index contributed by atoms with van der Waals surface area (Å²) in [6.07, 6.45) is 5.27. The number of hydrogen-bond donors (Lipinski definition) is 1. The van der Waals surface area contributed by atoms with Gasteiger partial charge in [-0.05, 0) is 37.7 Å². The molecule has 3 rings (SSSR count). The highest BCUT2D eigenvalue weighted by atomic mass is 16.5. The predicted molar refractivity (Wildman–Crippen MR) is 71.1 cm³/mol. The second-order valence-corrected chi connectivity index (χ2v) is 5.38. The summed E-state index contributed by atoms with van der Waals surface area (Å²) in [5, 5.41) is 3.53. The van der Waals surface area contributed by atoms with Gasteiger partial charge in [0.15, 0.2) is 0 Å². The lowest BCUT2D eigenvalue weighted by molar-refractivity contribution is 0.294. The molecule has 0 aromatic heterocycles. The van der Waals surface area contributed by atoms with Crippen LogP contribution in [0.3, 0.4) is 0 Å². The molecule has 3 heteroatoms. The van der Waals surface area contributed by atoms with Crippen LogP contribution in [0.4, 0.5) is 0 Å². The molecule has 0 radical (unpaired) electrons. The Kier molecular flexibility index (Phi) is 3.41. The molecule has 1 aromatic carbocycles. The van der Waals surface area contributed by atoms with E-state index in [1.807, 2.05) is 12.1 Å². The second kappa shape index (κ2) is 5.19. The molecule has 0 unspecified atom stereocenters. The molecule has 98 valence electrons.